The number of amides is 1. The predicted octanol–water partition coefficient (Wildman–Crippen LogP) is 3.73. The zero-order chi connectivity index (χ0) is 25.9. The summed E-state index contributed by atoms with van der Waals surface area (Å²) in [5, 5.41) is 0. The van der Waals surface area contributed by atoms with Gasteiger partial charge in [0.05, 0.1) is 29.3 Å². The Labute approximate surface area is 211 Å². The standard InChI is InChI=1S/C25H23N3O6S2/c1-16-7-10-20(11-8-16)36(31,32)27-18-6-4-5-17(13-18)24(30)26-25-28(15-23(29)34-3)21-12-9-19(33-2)14-22(21)35-25/h4-14,27H,15H2,1-3H3. The third-order valence-electron chi connectivity index (χ3n) is 5.30. The molecule has 0 saturated carbocycles. The molecule has 0 bridgehead atoms. The van der Waals surface area contributed by atoms with Crippen molar-refractivity contribution in [2.75, 3.05) is 18.9 Å². The molecular weight excluding hydrogens is 502 g/mol. The van der Waals surface area contributed by atoms with Gasteiger partial charge in [0.1, 0.15) is 12.3 Å². The van der Waals surface area contributed by atoms with Crippen molar-refractivity contribution in [1.82, 2.24) is 4.57 Å². The summed E-state index contributed by atoms with van der Waals surface area (Å²) in [6.45, 7) is 1.73. The van der Waals surface area contributed by atoms with E-state index in [-0.39, 0.29) is 22.7 Å². The van der Waals surface area contributed by atoms with Gasteiger partial charge in [-0.15, -0.1) is 0 Å². The van der Waals surface area contributed by atoms with Crippen molar-refractivity contribution in [2.45, 2.75) is 18.4 Å². The van der Waals surface area contributed by atoms with Crippen molar-refractivity contribution in [3.63, 3.8) is 0 Å². The largest absolute Gasteiger partial charge is 0.497 e. The van der Waals surface area contributed by atoms with Crippen LogP contribution in [0.25, 0.3) is 10.2 Å². The lowest BCUT2D eigenvalue weighted by Crippen LogP contribution is -2.22. The van der Waals surface area contributed by atoms with Gasteiger partial charge in [0, 0.05) is 11.3 Å². The topological polar surface area (TPSA) is 116 Å². The molecule has 1 aromatic heterocycles. The smallest absolute Gasteiger partial charge is 0.325 e. The number of methoxy groups -OCH3 is 2. The SMILES string of the molecule is COC(=O)Cn1c(=NC(=O)c2cccc(NS(=O)(=O)c3ccc(C)cc3)c2)sc2cc(OC)ccc21. The summed E-state index contributed by atoms with van der Waals surface area (Å²) in [4.78, 5) is 29.7. The van der Waals surface area contributed by atoms with Crippen LogP contribution in [0.15, 0.2) is 76.6 Å². The Morgan fingerprint density at radius 1 is 1.03 bits per heavy atom. The van der Waals surface area contributed by atoms with Crippen LogP contribution in [0.1, 0.15) is 15.9 Å². The number of anilines is 1. The molecule has 1 N–H and O–H groups in total. The van der Waals surface area contributed by atoms with Gasteiger partial charge in [-0.2, -0.15) is 4.99 Å². The van der Waals surface area contributed by atoms with E-state index >= 15 is 0 Å². The second kappa shape index (κ2) is 10.3. The van der Waals surface area contributed by atoms with Crippen LogP contribution >= 0.6 is 11.3 Å². The van der Waals surface area contributed by atoms with Crippen LogP contribution in [0.5, 0.6) is 5.75 Å². The molecule has 1 heterocycles. The van der Waals surface area contributed by atoms with Gasteiger partial charge in [-0.05, 0) is 55.5 Å². The molecule has 0 unspecified atom stereocenters. The fourth-order valence-electron chi connectivity index (χ4n) is 3.41. The third kappa shape index (κ3) is 5.47. The molecule has 0 aliphatic rings. The quantitative estimate of drug-likeness (QED) is 0.368. The van der Waals surface area contributed by atoms with Crippen molar-refractivity contribution >= 4 is 49.1 Å². The number of aryl methyl sites for hydroxylation is 1. The van der Waals surface area contributed by atoms with Crippen molar-refractivity contribution in [3.05, 3.63) is 82.7 Å². The van der Waals surface area contributed by atoms with E-state index in [1.807, 2.05) is 6.92 Å². The molecule has 0 fully saturated rings. The minimum absolute atomic E-state index is 0.110. The first-order chi connectivity index (χ1) is 17.2. The average molecular weight is 526 g/mol. The number of nitrogens with one attached hydrogen (secondary N) is 1. The number of esters is 1. The molecule has 186 valence electrons. The molecule has 4 aromatic rings. The number of rotatable bonds is 7. The number of aromatic nitrogens is 1. The van der Waals surface area contributed by atoms with Gasteiger partial charge in [-0.1, -0.05) is 35.1 Å². The maximum Gasteiger partial charge on any atom is 0.325 e. The first kappa shape index (κ1) is 25.1. The van der Waals surface area contributed by atoms with Crippen LogP contribution in [0, 0.1) is 6.92 Å². The van der Waals surface area contributed by atoms with Crippen molar-refractivity contribution < 1.29 is 27.5 Å². The van der Waals surface area contributed by atoms with Gasteiger partial charge >= 0.3 is 5.97 Å². The average Bonchev–Trinajstić information content (AvgIpc) is 3.19. The molecule has 0 aliphatic heterocycles. The van der Waals surface area contributed by atoms with E-state index in [0.29, 0.717) is 16.1 Å². The number of thiazole rings is 1. The first-order valence-corrected chi connectivity index (χ1v) is 13.0. The van der Waals surface area contributed by atoms with Gasteiger partial charge in [0.15, 0.2) is 4.80 Å². The second-order valence-corrected chi connectivity index (χ2v) is 10.5. The molecule has 36 heavy (non-hydrogen) atoms. The lowest BCUT2D eigenvalue weighted by molar-refractivity contribution is -0.141. The molecule has 4 rings (SSSR count). The van der Waals surface area contributed by atoms with E-state index in [1.54, 1.807) is 54.1 Å². The molecular formula is C25H23N3O6S2. The zero-order valence-electron chi connectivity index (χ0n) is 19.7. The predicted molar refractivity (Wildman–Crippen MR) is 137 cm³/mol. The van der Waals surface area contributed by atoms with Crippen LogP contribution in [0.4, 0.5) is 5.69 Å². The highest BCUT2D eigenvalue weighted by Crippen LogP contribution is 2.24. The Kier molecular flexibility index (Phi) is 7.22. The van der Waals surface area contributed by atoms with Gasteiger partial charge in [-0.25, -0.2) is 8.42 Å². The Hall–Kier alpha value is -3.96. The van der Waals surface area contributed by atoms with Crippen LogP contribution in [-0.2, 0) is 26.1 Å². The summed E-state index contributed by atoms with van der Waals surface area (Å²) in [6.07, 6.45) is 0. The summed E-state index contributed by atoms with van der Waals surface area (Å²) >= 11 is 1.22. The van der Waals surface area contributed by atoms with Crippen molar-refractivity contribution in [3.8, 4) is 5.75 Å². The molecule has 9 nitrogen and oxygen atoms in total. The highest BCUT2D eigenvalue weighted by atomic mass is 32.2. The molecule has 11 heteroatoms. The Morgan fingerprint density at radius 2 is 1.78 bits per heavy atom. The van der Waals surface area contributed by atoms with E-state index in [4.69, 9.17) is 9.47 Å². The fourth-order valence-corrected chi connectivity index (χ4v) is 5.52. The molecule has 0 aliphatic carbocycles. The maximum absolute atomic E-state index is 13.1. The maximum atomic E-state index is 13.1. The lowest BCUT2D eigenvalue weighted by atomic mass is 10.2. The van der Waals surface area contributed by atoms with E-state index in [0.717, 1.165) is 10.3 Å². The van der Waals surface area contributed by atoms with E-state index in [9.17, 15) is 18.0 Å². The van der Waals surface area contributed by atoms with Gasteiger partial charge in [0.2, 0.25) is 0 Å². The minimum atomic E-state index is -3.84. The monoisotopic (exact) mass is 525 g/mol. The highest BCUT2D eigenvalue weighted by Gasteiger charge is 2.16. The molecule has 3 aromatic carbocycles. The molecule has 0 spiro atoms. The number of ether oxygens (including phenoxy) is 2. The van der Waals surface area contributed by atoms with Crippen molar-refractivity contribution in [1.29, 1.82) is 0 Å². The van der Waals surface area contributed by atoms with Crippen LogP contribution in [0.3, 0.4) is 0 Å². The minimum Gasteiger partial charge on any atom is -0.497 e. The summed E-state index contributed by atoms with van der Waals surface area (Å²) in [6, 6.07) is 17.8. The number of sulfonamides is 1. The second-order valence-electron chi connectivity index (χ2n) is 7.80. The Morgan fingerprint density at radius 3 is 2.47 bits per heavy atom. The summed E-state index contributed by atoms with van der Waals surface area (Å²) in [7, 11) is -1.00. The van der Waals surface area contributed by atoms with Crippen LogP contribution in [-0.4, -0.2) is 39.1 Å². The summed E-state index contributed by atoms with van der Waals surface area (Å²) < 4.78 is 40.4. The third-order valence-corrected chi connectivity index (χ3v) is 7.73. The lowest BCUT2D eigenvalue weighted by Gasteiger charge is -2.09. The summed E-state index contributed by atoms with van der Waals surface area (Å²) in [5.41, 5.74) is 2.03. The fraction of sp³-hybridized carbons (Fsp3) is 0.160. The summed E-state index contributed by atoms with van der Waals surface area (Å²) in [5.74, 6) is -0.462. The number of benzene rings is 3. The highest BCUT2D eigenvalue weighted by molar-refractivity contribution is 7.92. The van der Waals surface area contributed by atoms with E-state index in [1.165, 1.54) is 42.7 Å². The van der Waals surface area contributed by atoms with E-state index < -0.39 is 21.9 Å². The van der Waals surface area contributed by atoms with Gasteiger partial charge < -0.3 is 14.0 Å². The number of nitrogens with zero attached hydrogens (tertiary/aromatic N) is 2. The van der Waals surface area contributed by atoms with Crippen LogP contribution < -0.4 is 14.3 Å². The number of hydrogen-bond donors (Lipinski definition) is 1. The van der Waals surface area contributed by atoms with Gasteiger partial charge in [-0.3, -0.25) is 14.3 Å². The Balaban J connectivity index is 1.69. The zero-order valence-corrected chi connectivity index (χ0v) is 21.4. The number of fused-ring (bicyclic) bond motifs is 1. The number of carbonyl (C=O) groups excluding carboxylic acids is 2. The Bertz CT molecular complexity index is 1620. The molecule has 0 atom stereocenters. The number of hydrogen-bond acceptors (Lipinski definition) is 7. The van der Waals surface area contributed by atoms with E-state index in [2.05, 4.69) is 9.71 Å². The first-order valence-electron chi connectivity index (χ1n) is 10.7. The van der Waals surface area contributed by atoms with Crippen molar-refractivity contribution in [2.24, 2.45) is 4.99 Å². The van der Waals surface area contributed by atoms with Gasteiger partial charge in [0.25, 0.3) is 15.9 Å². The normalized spacial score (nSPS) is 11.9. The molecule has 0 radical (unpaired) electrons. The van der Waals surface area contributed by atoms with Crippen LogP contribution in [0.2, 0.25) is 0 Å². The molecule has 1 amide bonds. The molecule has 0 saturated heterocycles. The number of carbonyl (C=O) groups is 2.